The van der Waals surface area contributed by atoms with Gasteiger partial charge >= 0.3 is 0 Å². The third-order valence-corrected chi connectivity index (χ3v) is 3.17. The zero-order chi connectivity index (χ0) is 13.8. The van der Waals surface area contributed by atoms with Crippen molar-refractivity contribution >= 4 is 33.2 Å². The number of amides is 1. The first-order valence-corrected chi connectivity index (χ1v) is 6.74. The molecular weight excluding hydrogens is 308 g/mol. The van der Waals surface area contributed by atoms with Crippen molar-refractivity contribution in [1.82, 2.24) is 9.78 Å². The highest BCUT2D eigenvalue weighted by atomic mass is 79.9. The summed E-state index contributed by atoms with van der Waals surface area (Å²) in [5, 5.41) is 6.86. The summed E-state index contributed by atoms with van der Waals surface area (Å²) in [4.78, 5) is 11.9. The van der Waals surface area contributed by atoms with Gasteiger partial charge in [-0.1, -0.05) is 22.9 Å². The summed E-state index contributed by atoms with van der Waals surface area (Å²) in [6, 6.07) is 5.79. The summed E-state index contributed by atoms with van der Waals surface area (Å²) in [6.45, 7) is 2.20. The van der Waals surface area contributed by atoms with Crippen molar-refractivity contribution in [3.8, 4) is 0 Å². The highest BCUT2D eigenvalue weighted by molar-refractivity contribution is 9.10. The molecule has 0 saturated heterocycles. The summed E-state index contributed by atoms with van der Waals surface area (Å²) >= 11 is 3.42. The Hall–Kier alpha value is -1.82. The fourth-order valence-electron chi connectivity index (χ4n) is 1.78. The second kappa shape index (κ2) is 5.88. The van der Waals surface area contributed by atoms with E-state index >= 15 is 0 Å². The number of hydrogen-bond acceptors (Lipinski definition) is 3. The Morgan fingerprint density at radius 3 is 2.95 bits per heavy atom. The number of anilines is 2. The summed E-state index contributed by atoms with van der Waals surface area (Å²) < 4.78 is 2.51. The summed E-state index contributed by atoms with van der Waals surface area (Å²) in [7, 11) is 0. The molecule has 0 aliphatic heterocycles. The van der Waals surface area contributed by atoms with E-state index in [1.807, 2.05) is 25.1 Å². The highest BCUT2D eigenvalue weighted by Crippen LogP contribution is 2.21. The van der Waals surface area contributed by atoms with E-state index in [0.29, 0.717) is 5.69 Å². The van der Waals surface area contributed by atoms with Gasteiger partial charge < -0.3 is 11.1 Å². The Morgan fingerprint density at radius 2 is 2.32 bits per heavy atom. The maximum atomic E-state index is 11.9. The van der Waals surface area contributed by atoms with Crippen LogP contribution < -0.4 is 11.1 Å². The number of rotatable bonds is 4. The maximum Gasteiger partial charge on any atom is 0.246 e. The van der Waals surface area contributed by atoms with Gasteiger partial charge in [-0.15, -0.1) is 0 Å². The first kappa shape index (κ1) is 13.6. The zero-order valence-electron chi connectivity index (χ0n) is 10.6. The minimum Gasteiger partial charge on any atom is -0.396 e. The van der Waals surface area contributed by atoms with Crippen molar-refractivity contribution < 1.29 is 4.79 Å². The molecule has 1 aromatic heterocycles. The number of aromatic nitrogens is 2. The molecule has 6 heteroatoms. The molecule has 1 amide bonds. The van der Waals surface area contributed by atoms with Gasteiger partial charge in [0, 0.05) is 16.4 Å². The standard InChI is InChI=1S/C13H15BrN4O/c1-2-9-5-10(14)3-4-12(9)17-13(19)8-18-7-11(15)6-16-18/h3-7H,2,8,15H2,1H3,(H,17,19). The number of nitrogens with one attached hydrogen (secondary N) is 1. The highest BCUT2D eigenvalue weighted by Gasteiger charge is 2.08. The van der Waals surface area contributed by atoms with Crippen LogP contribution in [-0.4, -0.2) is 15.7 Å². The Labute approximate surface area is 119 Å². The van der Waals surface area contributed by atoms with Crippen molar-refractivity contribution in [3.63, 3.8) is 0 Å². The van der Waals surface area contributed by atoms with E-state index in [0.717, 1.165) is 22.1 Å². The van der Waals surface area contributed by atoms with Crippen LogP contribution in [0.3, 0.4) is 0 Å². The first-order valence-electron chi connectivity index (χ1n) is 5.94. The molecule has 3 N–H and O–H groups in total. The number of nitrogens with zero attached hydrogens (tertiary/aromatic N) is 2. The van der Waals surface area contributed by atoms with Crippen molar-refractivity contribution in [1.29, 1.82) is 0 Å². The van der Waals surface area contributed by atoms with Crippen LogP contribution >= 0.6 is 15.9 Å². The molecule has 5 nitrogen and oxygen atoms in total. The Kier molecular flexibility index (Phi) is 4.21. The van der Waals surface area contributed by atoms with Gasteiger partial charge in [0.1, 0.15) is 6.54 Å². The van der Waals surface area contributed by atoms with Crippen LogP contribution in [0, 0.1) is 0 Å². The Morgan fingerprint density at radius 1 is 1.53 bits per heavy atom. The van der Waals surface area contributed by atoms with Gasteiger partial charge in [-0.2, -0.15) is 5.10 Å². The molecule has 1 heterocycles. The van der Waals surface area contributed by atoms with E-state index in [1.54, 1.807) is 6.20 Å². The summed E-state index contributed by atoms with van der Waals surface area (Å²) in [6.07, 6.45) is 4.00. The van der Waals surface area contributed by atoms with Gasteiger partial charge in [-0.3, -0.25) is 9.48 Å². The first-order chi connectivity index (χ1) is 9.08. The summed E-state index contributed by atoms with van der Waals surface area (Å²) in [5.74, 6) is -0.125. The lowest BCUT2D eigenvalue weighted by molar-refractivity contribution is -0.116. The van der Waals surface area contributed by atoms with Crippen LogP contribution in [0.5, 0.6) is 0 Å². The SMILES string of the molecule is CCc1cc(Br)ccc1NC(=O)Cn1cc(N)cn1. The van der Waals surface area contributed by atoms with Crippen LogP contribution in [0.1, 0.15) is 12.5 Å². The van der Waals surface area contributed by atoms with Crippen LogP contribution in [0.25, 0.3) is 0 Å². The lowest BCUT2D eigenvalue weighted by atomic mass is 10.1. The van der Waals surface area contributed by atoms with E-state index in [-0.39, 0.29) is 12.5 Å². The fourth-order valence-corrected chi connectivity index (χ4v) is 2.19. The molecule has 1 aromatic carbocycles. The molecule has 0 aliphatic carbocycles. The second-order valence-corrected chi connectivity index (χ2v) is 5.09. The van der Waals surface area contributed by atoms with Crippen LogP contribution in [-0.2, 0) is 17.8 Å². The molecule has 0 atom stereocenters. The van der Waals surface area contributed by atoms with Crippen molar-refractivity contribution in [3.05, 3.63) is 40.6 Å². The van der Waals surface area contributed by atoms with Gasteiger partial charge in [0.25, 0.3) is 0 Å². The molecule has 0 bridgehead atoms. The van der Waals surface area contributed by atoms with E-state index < -0.39 is 0 Å². The minimum absolute atomic E-state index is 0.125. The summed E-state index contributed by atoms with van der Waals surface area (Å²) in [5.41, 5.74) is 8.01. The predicted molar refractivity (Wildman–Crippen MR) is 78.8 cm³/mol. The van der Waals surface area contributed by atoms with E-state index in [4.69, 9.17) is 5.73 Å². The lowest BCUT2D eigenvalue weighted by Gasteiger charge is -2.10. The number of carbonyl (C=O) groups excluding carboxylic acids is 1. The molecule has 19 heavy (non-hydrogen) atoms. The smallest absolute Gasteiger partial charge is 0.246 e. The predicted octanol–water partition coefficient (Wildman–Crippen LogP) is 2.43. The average Bonchev–Trinajstić information content (AvgIpc) is 2.76. The largest absolute Gasteiger partial charge is 0.396 e. The van der Waals surface area contributed by atoms with Gasteiger partial charge in [-0.05, 0) is 30.2 Å². The van der Waals surface area contributed by atoms with Gasteiger partial charge in [-0.25, -0.2) is 0 Å². The fraction of sp³-hybridized carbons (Fsp3) is 0.231. The number of aryl methyl sites for hydroxylation is 1. The maximum absolute atomic E-state index is 11.9. The molecule has 0 radical (unpaired) electrons. The van der Waals surface area contributed by atoms with E-state index in [1.165, 1.54) is 10.9 Å². The molecule has 0 spiro atoms. The van der Waals surface area contributed by atoms with Gasteiger partial charge in [0.15, 0.2) is 0 Å². The number of nitrogen functional groups attached to an aromatic ring is 1. The van der Waals surface area contributed by atoms with E-state index in [9.17, 15) is 4.79 Å². The van der Waals surface area contributed by atoms with Crippen molar-refractivity contribution in [2.75, 3.05) is 11.1 Å². The van der Waals surface area contributed by atoms with Crippen molar-refractivity contribution in [2.45, 2.75) is 19.9 Å². The monoisotopic (exact) mass is 322 g/mol. The molecule has 0 fully saturated rings. The zero-order valence-corrected chi connectivity index (χ0v) is 12.1. The molecule has 100 valence electrons. The number of benzene rings is 1. The minimum atomic E-state index is -0.125. The van der Waals surface area contributed by atoms with E-state index in [2.05, 4.69) is 26.3 Å². The number of nitrogens with two attached hydrogens (primary N) is 1. The van der Waals surface area contributed by atoms with Gasteiger partial charge in [0.05, 0.1) is 11.9 Å². The van der Waals surface area contributed by atoms with Crippen LogP contribution in [0.2, 0.25) is 0 Å². The molecule has 2 rings (SSSR count). The normalized spacial score (nSPS) is 10.4. The third-order valence-electron chi connectivity index (χ3n) is 2.68. The molecule has 0 saturated carbocycles. The lowest BCUT2D eigenvalue weighted by Crippen LogP contribution is -2.19. The Balaban J connectivity index is 2.06. The molecule has 2 aromatic rings. The quantitative estimate of drug-likeness (QED) is 0.908. The molecule has 0 unspecified atom stereocenters. The number of hydrogen-bond donors (Lipinski definition) is 2. The van der Waals surface area contributed by atoms with Gasteiger partial charge in [0.2, 0.25) is 5.91 Å². The topological polar surface area (TPSA) is 72.9 Å². The third kappa shape index (κ3) is 3.57. The second-order valence-electron chi connectivity index (χ2n) is 4.17. The number of carbonyl (C=O) groups is 1. The number of halogens is 1. The van der Waals surface area contributed by atoms with Crippen LogP contribution in [0.15, 0.2) is 35.1 Å². The molecule has 0 aliphatic rings. The van der Waals surface area contributed by atoms with Crippen LogP contribution in [0.4, 0.5) is 11.4 Å². The average molecular weight is 323 g/mol. The molecular formula is C13H15BrN4O. The Bertz CT molecular complexity index is 594. The van der Waals surface area contributed by atoms with Crippen molar-refractivity contribution in [2.24, 2.45) is 0 Å².